The van der Waals surface area contributed by atoms with Gasteiger partial charge in [-0.2, -0.15) is 10.2 Å². The van der Waals surface area contributed by atoms with Gasteiger partial charge in [0.1, 0.15) is 11.6 Å². The minimum Gasteiger partial charge on any atom is -0.463 e. The largest absolute Gasteiger partial charge is 0.463 e. The van der Waals surface area contributed by atoms with Gasteiger partial charge in [0.05, 0.1) is 19.8 Å². The van der Waals surface area contributed by atoms with Crippen LogP contribution in [0.3, 0.4) is 0 Å². The first-order chi connectivity index (χ1) is 13.2. The molecule has 140 valence electrons. The van der Waals surface area contributed by atoms with E-state index in [0.717, 1.165) is 11.1 Å². The van der Waals surface area contributed by atoms with Gasteiger partial charge in [-0.05, 0) is 30.2 Å². The molecule has 0 radical (unpaired) electrons. The maximum absolute atomic E-state index is 11.5. The van der Waals surface area contributed by atoms with Crippen molar-refractivity contribution >= 4 is 17.6 Å². The minimum absolute atomic E-state index is 0.239. The third-order valence-corrected chi connectivity index (χ3v) is 4.62. The van der Waals surface area contributed by atoms with Crippen molar-refractivity contribution < 1.29 is 14.3 Å². The average Bonchev–Trinajstić information content (AvgIpc) is 3.12. The zero-order chi connectivity index (χ0) is 19.1. The van der Waals surface area contributed by atoms with Crippen LogP contribution in [0.5, 0.6) is 0 Å². The van der Waals surface area contributed by atoms with Crippen LogP contribution < -0.4 is 0 Å². The molecule has 6 heteroatoms. The molecule has 2 aromatic carbocycles. The maximum atomic E-state index is 11.5. The lowest BCUT2D eigenvalue weighted by Gasteiger charge is -2.33. The molecule has 0 N–H and O–H groups in total. The summed E-state index contributed by atoms with van der Waals surface area (Å²) in [5.74, 6) is -0.384. The van der Waals surface area contributed by atoms with Gasteiger partial charge in [-0.25, -0.2) is 4.79 Å². The molecule has 0 saturated heterocycles. The van der Waals surface area contributed by atoms with Crippen LogP contribution in [0, 0.1) is 0 Å². The van der Waals surface area contributed by atoms with E-state index in [1.54, 1.807) is 13.0 Å². The van der Waals surface area contributed by atoms with Gasteiger partial charge in [0.15, 0.2) is 0 Å². The highest BCUT2D eigenvalue weighted by atomic mass is 35.5. The summed E-state index contributed by atoms with van der Waals surface area (Å²) >= 11 is 6.03. The van der Waals surface area contributed by atoms with Gasteiger partial charge in [-0.3, -0.25) is 0 Å². The molecule has 1 heterocycles. The van der Waals surface area contributed by atoms with Gasteiger partial charge in [0.2, 0.25) is 0 Å². The molecule has 0 aromatic heterocycles. The number of carbonyl (C=O) groups is 1. The summed E-state index contributed by atoms with van der Waals surface area (Å²) in [5, 5.41) is 9.40. The van der Waals surface area contributed by atoms with Crippen molar-refractivity contribution in [1.82, 2.24) is 0 Å². The number of hydrogen-bond donors (Lipinski definition) is 0. The Hall–Kier alpha value is -2.50. The molecule has 1 aliphatic heterocycles. The number of ether oxygens (including phenoxy) is 2. The summed E-state index contributed by atoms with van der Waals surface area (Å²) in [6.07, 6.45) is 3.03. The molecule has 27 heavy (non-hydrogen) atoms. The van der Waals surface area contributed by atoms with Crippen molar-refractivity contribution in [1.29, 1.82) is 0 Å². The van der Waals surface area contributed by atoms with Crippen LogP contribution >= 0.6 is 11.6 Å². The van der Waals surface area contributed by atoms with Crippen LogP contribution in [0.25, 0.3) is 0 Å². The number of nitrogens with zero attached hydrogens (tertiary/aromatic N) is 2. The van der Waals surface area contributed by atoms with Gasteiger partial charge in [0, 0.05) is 11.1 Å². The van der Waals surface area contributed by atoms with Crippen molar-refractivity contribution in [3.8, 4) is 0 Å². The summed E-state index contributed by atoms with van der Waals surface area (Å²) in [4.78, 5) is 11.5. The van der Waals surface area contributed by atoms with Crippen molar-refractivity contribution in [3.63, 3.8) is 0 Å². The lowest BCUT2D eigenvalue weighted by molar-refractivity contribution is -0.137. The van der Waals surface area contributed by atoms with E-state index in [1.165, 1.54) is 6.08 Å². The zero-order valence-electron chi connectivity index (χ0n) is 15.0. The number of carbonyl (C=O) groups excluding carboxylic acids is 1. The topological polar surface area (TPSA) is 60.2 Å². The molecule has 0 saturated carbocycles. The fourth-order valence-electron chi connectivity index (χ4n) is 3.10. The summed E-state index contributed by atoms with van der Waals surface area (Å²) in [6, 6.07) is 17.1. The van der Waals surface area contributed by atoms with Gasteiger partial charge in [-0.1, -0.05) is 60.1 Å². The van der Waals surface area contributed by atoms with E-state index in [4.69, 9.17) is 21.1 Å². The molecule has 0 amide bonds. The Morgan fingerprint density at radius 2 is 1.96 bits per heavy atom. The molecule has 3 rings (SSSR count). The summed E-state index contributed by atoms with van der Waals surface area (Å²) in [6.45, 7) is 2.75. The standard InChI is InChI=1S/C21H21ClN2O3/c1-2-26-19(25)9-6-14-27-21(17-7-4-3-5-8-17)15-23-24-20(21)16-10-12-18(22)13-11-16/h3-13,20H,2,14-15H2,1H3. The second-order valence-electron chi connectivity index (χ2n) is 6.09. The number of benzene rings is 2. The molecule has 0 bridgehead atoms. The first-order valence-electron chi connectivity index (χ1n) is 8.80. The third kappa shape index (κ3) is 4.43. The second kappa shape index (κ2) is 8.93. The molecule has 0 aliphatic carbocycles. The molecule has 2 atom stereocenters. The number of esters is 1. The predicted molar refractivity (Wildman–Crippen MR) is 104 cm³/mol. The van der Waals surface area contributed by atoms with Crippen LogP contribution in [-0.4, -0.2) is 25.7 Å². The molecule has 1 aliphatic rings. The summed E-state index contributed by atoms with van der Waals surface area (Å²) < 4.78 is 11.2. The Morgan fingerprint density at radius 1 is 1.22 bits per heavy atom. The molecule has 2 aromatic rings. The fourth-order valence-corrected chi connectivity index (χ4v) is 3.22. The summed E-state index contributed by atoms with van der Waals surface area (Å²) in [5.41, 5.74) is 1.21. The smallest absolute Gasteiger partial charge is 0.330 e. The Bertz CT molecular complexity index is 821. The Labute approximate surface area is 163 Å². The van der Waals surface area contributed by atoms with Crippen molar-refractivity contribution in [2.45, 2.75) is 18.6 Å². The van der Waals surface area contributed by atoms with Gasteiger partial charge < -0.3 is 9.47 Å². The highest BCUT2D eigenvalue weighted by molar-refractivity contribution is 6.30. The highest BCUT2D eigenvalue weighted by Gasteiger charge is 2.46. The molecule has 5 nitrogen and oxygen atoms in total. The Kier molecular flexibility index (Phi) is 6.37. The second-order valence-corrected chi connectivity index (χ2v) is 6.53. The first kappa shape index (κ1) is 19.3. The van der Waals surface area contributed by atoms with Crippen LogP contribution in [0.1, 0.15) is 24.1 Å². The van der Waals surface area contributed by atoms with Crippen LogP contribution in [0.4, 0.5) is 0 Å². The predicted octanol–water partition coefficient (Wildman–Crippen LogP) is 4.88. The number of hydrogen-bond acceptors (Lipinski definition) is 5. The average molecular weight is 385 g/mol. The normalized spacial score (nSPS) is 21.6. The van der Waals surface area contributed by atoms with Crippen LogP contribution in [0.2, 0.25) is 5.02 Å². The van der Waals surface area contributed by atoms with Crippen LogP contribution in [0.15, 0.2) is 77.0 Å². The van der Waals surface area contributed by atoms with E-state index in [0.29, 0.717) is 18.2 Å². The van der Waals surface area contributed by atoms with E-state index < -0.39 is 5.60 Å². The lowest BCUT2D eigenvalue weighted by atomic mass is 9.83. The van der Waals surface area contributed by atoms with E-state index in [1.807, 2.05) is 54.6 Å². The maximum Gasteiger partial charge on any atom is 0.330 e. The minimum atomic E-state index is -0.742. The van der Waals surface area contributed by atoms with Crippen LogP contribution in [-0.2, 0) is 19.9 Å². The molecule has 0 fully saturated rings. The van der Waals surface area contributed by atoms with E-state index in [9.17, 15) is 4.79 Å². The number of azo groups is 1. The van der Waals surface area contributed by atoms with E-state index in [2.05, 4.69) is 10.2 Å². The highest BCUT2D eigenvalue weighted by Crippen LogP contribution is 2.45. The third-order valence-electron chi connectivity index (χ3n) is 4.37. The number of halogens is 1. The molecular weight excluding hydrogens is 364 g/mol. The SMILES string of the molecule is CCOC(=O)C=CCOC1(c2ccccc2)CN=NC1c1ccc(Cl)cc1. The molecular formula is C21H21ClN2O3. The first-order valence-corrected chi connectivity index (χ1v) is 9.18. The van der Waals surface area contributed by atoms with Crippen molar-refractivity contribution in [3.05, 3.63) is 82.9 Å². The van der Waals surface area contributed by atoms with Crippen molar-refractivity contribution in [2.24, 2.45) is 10.2 Å². The Balaban J connectivity index is 1.87. The zero-order valence-corrected chi connectivity index (χ0v) is 15.8. The number of rotatable bonds is 7. The quantitative estimate of drug-likeness (QED) is 0.505. The van der Waals surface area contributed by atoms with E-state index >= 15 is 0 Å². The van der Waals surface area contributed by atoms with E-state index in [-0.39, 0.29) is 18.6 Å². The van der Waals surface area contributed by atoms with Gasteiger partial charge >= 0.3 is 5.97 Å². The molecule has 2 unspecified atom stereocenters. The molecule has 0 spiro atoms. The van der Waals surface area contributed by atoms with Gasteiger partial charge in [-0.15, -0.1) is 0 Å². The van der Waals surface area contributed by atoms with Gasteiger partial charge in [0.25, 0.3) is 0 Å². The Morgan fingerprint density at radius 3 is 2.67 bits per heavy atom. The summed E-state index contributed by atoms with van der Waals surface area (Å²) in [7, 11) is 0. The monoisotopic (exact) mass is 384 g/mol. The lowest BCUT2D eigenvalue weighted by Crippen LogP contribution is -2.36. The van der Waals surface area contributed by atoms with Crippen molar-refractivity contribution in [2.75, 3.05) is 19.8 Å². The fraction of sp³-hybridized carbons (Fsp3) is 0.286.